The molecule has 148 valence electrons. The molecule has 1 aliphatic heterocycles. The molecular formula is C22H33N3O2. The van der Waals surface area contributed by atoms with Crippen molar-refractivity contribution in [2.75, 3.05) is 13.1 Å². The van der Waals surface area contributed by atoms with Gasteiger partial charge in [-0.15, -0.1) is 0 Å². The summed E-state index contributed by atoms with van der Waals surface area (Å²) in [4.78, 5) is 24.0. The van der Waals surface area contributed by atoms with Crippen LogP contribution in [0.25, 0.3) is 0 Å². The van der Waals surface area contributed by atoms with Crippen LogP contribution in [-0.2, 0) is 10.2 Å². The molecule has 2 saturated carbocycles. The highest BCUT2D eigenvalue weighted by molar-refractivity contribution is 5.81. The molecule has 0 bridgehead atoms. The van der Waals surface area contributed by atoms with E-state index in [0.717, 1.165) is 50.3 Å². The van der Waals surface area contributed by atoms with Crippen molar-refractivity contribution >= 4 is 5.91 Å². The summed E-state index contributed by atoms with van der Waals surface area (Å²) in [5, 5.41) is 9.87. The van der Waals surface area contributed by atoms with Crippen LogP contribution in [0.5, 0.6) is 0 Å². The summed E-state index contributed by atoms with van der Waals surface area (Å²) >= 11 is 0. The third-order valence-electron chi connectivity index (χ3n) is 6.94. The van der Waals surface area contributed by atoms with Crippen LogP contribution in [0.1, 0.15) is 83.7 Å². The largest absolute Gasteiger partial charge is 0.390 e. The van der Waals surface area contributed by atoms with Crippen molar-refractivity contribution in [2.45, 2.75) is 83.2 Å². The number of carbonyl (C=O) groups excluding carboxylic acids is 1. The topological polar surface area (TPSA) is 66.3 Å². The third kappa shape index (κ3) is 3.63. The molecule has 1 aromatic heterocycles. The molecule has 0 unspecified atom stereocenters. The maximum atomic E-state index is 12.5. The van der Waals surface area contributed by atoms with E-state index in [9.17, 15) is 9.90 Å². The summed E-state index contributed by atoms with van der Waals surface area (Å²) in [6.07, 6.45) is 7.71. The Bertz CT molecular complexity index is 713. The standard InChI is InChI=1S/C22H33N3O2/c1-20(2,3)17-7-10-23-18(24-17)15-5-8-22(9-6-15)13-25(14-22)19(26)16-11-21(4,27)12-16/h7,10,15-16,27H,5-6,8-9,11-14H2,1-4H3/t16-,21+. The molecule has 5 heteroatoms. The smallest absolute Gasteiger partial charge is 0.225 e. The molecule has 3 aliphatic rings. The van der Waals surface area contributed by atoms with E-state index < -0.39 is 5.60 Å². The molecule has 4 rings (SSSR count). The monoisotopic (exact) mass is 371 g/mol. The second kappa shape index (κ2) is 6.26. The Morgan fingerprint density at radius 3 is 2.41 bits per heavy atom. The lowest BCUT2D eigenvalue weighted by atomic mass is 9.64. The van der Waals surface area contributed by atoms with Crippen LogP contribution < -0.4 is 0 Å². The Morgan fingerprint density at radius 1 is 1.22 bits per heavy atom. The normalized spacial score (nSPS) is 30.7. The van der Waals surface area contributed by atoms with Crippen LogP contribution in [0.4, 0.5) is 0 Å². The Balaban J connectivity index is 1.31. The van der Waals surface area contributed by atoms with Crippen molar-refractivity contribution in [1.29, 1.82) is 0 Å². The van der Waals surface area contributed by atoms with E-state index >= 15 is 0 Å². The van der Waals surface area contributed by atoms with Gasteiger partial charge in [0.15, 0.2) is 0 Å². The van der Waals surface area contributed by atoms with E-state index in [4.69, 9.17) is 4.98 Å². The highest BCUT2D eigenvalue weighted by Crippen LogP contribution is 2.49. The highest BCUT2D eigenvalue weighted by atomic mass is 16.3. The number of aliphatic hydroxyl groups is 1. The number of amides is 1. The summed E-state index contributed by atoms with van der Waals surface area (Å²) in [5.74, 6) is 1.75. The van der Waals surface area contributed by atoms with Crippen molar-refractivity contribution in [3.05, 3.63) is 23.8 Å². The SMILES string of the molecule is CC(C)(C)c1ccnc(C2CCC3(CC2)CN(C(=O)[C@H]2C[C@@](C)(O)C2)C3)n1. The van der Waals surface area contributed by atoms with E-state index in [0.29, 0.717) is 24.2 Å². The molecule has 1 aromatic rings. The second-order valence-electron chi connectivity index (χ2n) is 10.6. The van der Waals surface area contributed by atoms with Crippen LogP contribution in [0.15, 0.2) is 12.3 Å². The Morgan fingerprint density at radius 2 is 1.85 bits per heavy atom. The predicted molar refractivity (Wildman–Crippen MR) is 104 cm³/mol. The number of hydrogen-bond acceptors (Lipinski definition) is 4. The second-order valence-corrected chi connectivity index (χ2v) is 10.6. The maximum absolute atomic E-state index is 12.5. The van der Waals surface area contributed by atoms with Gasteiger partial charge in [0.1, 0.15) is 5.82 Å². The van der Waals surface area contributed by atoms with E-state index in [1.807, 2.05) is 24.1 Å². The highest BCUT2D eigenvalue weighted by Gasteiger charge is 2.51. The lowest BCUT2D eigenvalue weighted by Crippen LogP contribution is -2.62. The minimum absolute atomic E-state index is 0.0437. The number of nitrogens with zero attached hydrogens (tertiary/aromatic N) is 3. The zero-order valence-corrected chi connectivity index (χ0v) is 17.2. The number of hydrogen-bond donors (Lipinski definition) is 1. The summed E-state index contributed by atoms with van der Waals surface area (Å²) < 4.78 is 0. The van der Waals surface area contributed by atoms with E-state index in [2.05, 4.69) is 25.8 Å². The van der Waals surface area contributed by atoms with Gasteiger partial charge in [-0.1, -0.05) is 20.8 Å². The minimum atomic E-state index is -0.622. The molecule has 1 amide bonds. The fourth-order valence-electron chi connectivity index (χ4n) is 5.15. The van der Waals surface area contributed by atoms with Gasteiger partial charge in [0.2, 0.25) is 5.91 Å². The first kappa shape index (κ1) is 18.9. The van der Waals surface area contributed by atoms with Crippen LogP contribution >= 0.6 is 0 Å². The summed E-state index contributed by atoms with van der Waals surface area (Å²) in [5.41, 5.74) is 0.863. The molecule has 3 fully saturated rings. The fraction of sp³-hybridized carbons (Fsp3) is 0.773. The minimum Gasteiger partial charge on any atom is -0.390 e. The average molecular weight is 372 g/mol. The van der Waals surface area contributed by atoms with Gasteiger partial charge in [-0.25, -0.2) is 9.97 Å². The molecule has 2 heterocycles. The first-order valence-electron chi connectivity index (χ1n) is 10.4. The first-order valence-corrected chi connectivity index (χ1v) is 10.4. The molecule has 2 aliphatic carbocycles. The maximum Gasteiger partial charge on any atom is 0.225 e. The van der Waals surface area contributed by atoms with Gasteiger partial charge in [0.25, 0.3) is 0 Å². The molecule has 5 nitrogen and oxygen atoms in total. The lowest BCUT2D eigenvalue weighted by molar-refractivity contribution is -0.163. The molecule has 0 aromatic carbocycles. The van der Waals surface area contributed by atoms with E-state index in [1.54, 1.807) is 0 Å². The fourth-order valence-corrected chi connectivity index (χ4v) is 5.15. The number of likely N-dealkylation sites (tertiary alicyclic amines) is 1. The summed E-state index contributed by atoms with van der Waals surface area (Å²) in [6.45, 7) is 10.2. The third-order valence-corrected chi connectivity index (χ3v) is 6.94. The number of rotatable bonds is 2. The number of carbonyl (C=O) groups is 1. The van der Waals surface area contributed by atoms with Crippen LogP contribution in [0, 0.1) is 11.3 Å². The number of aromatic nitrogens is 2. The Kier molecular flexibility index (Phi) is 4.37. The van der Waals surface area contributed by atoms with Gasteiger partial charge >= 0.3 is 0 Å². The molecule has 0 atom stereocenters. The molecule has 1 N–H and O–H groups in total. The van der Waals surface area contributed by atoms with Gasteiger partial charge in [-0.2, -0.15) is 0 Å². The van der Waals surface area contributed by atoms with Crippen molar-refractivity contribution in [3.8, 4) is 0 Å². The lowest BCUT2D eigenvalue weighted by Gasteiger charge is -2.55. The van der Waals surface area contributed by atoms with Gasteiger partial charge < -0.3 is 10.0 Å². The van der Waals surface area contributed by atoms with Crippen LogP contribution in [-0.4, -0.2) is 44.6 Å². The van der Waals surface area contributed by atoms with E-state index in [1.165, 1.54) is 0 Å². The van der Waals surface area contributed by atoms with Crippen molar-refractivity contribution in [1.82, 2.24) is 14.9 Å². The summed E-state index contributed by atoms with van der Waals surface area (Å²) in [7, 11) is 0. The van der Waals surface area contributed by atoms with Gasteiger partial charge in [-0.05, 0) is 51.5 Å². The molecule has 27 heavy (non-hydrogen) atoms. The molecule has 0 radical (unpaired) electrons. The first-order chi connectivity index (χ1) is 12.6. The van der Waals surface area contributed by atoms with Crippen molar-refractivity contribution in [2.24, 2.45) is 11.3 Å². The van der Waals surface area contributed by atoms with Crippen molar-refractivity contribution in [3.63, 3.8) is 0 Å². The molecular weight excluding hydrogens is 338 g/mol. The average Bonchev–Trinajstić information content (AvgIpc) is 2.56. The van der Waals surface area contributed by atoms with Crippen LogP contribution in [0.2, 0.25) is 0 Å². The van der Waals surface area contributed by atoms with Gasteiger partial charge in [0.05, 0.1) is 5.60 Å². The van der Waals surface area contributed by atoms with Gasteiger partial charge in [-0.3, -0.25) is 4.79 Å². The Hall–Kier alpha value is -1.49. The zero-order chi connectivity index (χ0) is 19.4. The molecule has 1 spiro atoms. The predicted octanol–water partition coefficient (Wildman–Crippen LogP) is 3.42. The van der Waals surface area contributed by atoms with Crippen LogP contribution in [0.3, 0.4) is 0 Å². The Labute approximate surface area is 162 Å². The van der Waals surface area contributed by atoms with E-state index in [-0.39, 0.29) is 17.2 Å². The quantitative estimate of drug-likeness (QED) is 0.865. The van der Waals surface area contributed by atoms with Crippen molar-refractivity contribution < 1.29 is 9.90 Å². The van der Waals surface area contributed by atoms with Gasteiger partial charge in [0, 0.05) is 47.6 Å². The zero-order valence-electron chi connectivity index (χ0n) is 17.2. The summed E-state index contributed by atoms with van der Waals surface area (Å²) in [6, 6.07) is 2.03. The molecule has 1 saturated heterocycles.